The summed E-state index contributed by atoms with van der Waals surface area (Å²) in [6.45, 7) is 0. The van der Waals surface area contributed by atoms with Crippen molar-refractivity contribution in [1.29, 1.82) is 10.8 Å². The second-order valence-electron chi connectivity index (χ2n) is 6.78. The Morgan fingerprint density at radius 3 is 0.750 bits per heavy atom. The van der Waals surface area contributed by atoms with Gasteiger partial charge in [-0.1, -0.05) is 72.8 Å². The Hall–Kier alpha value is -4.58. The van der Waals surface area contributed by atoms with Gasteiger partial charge in [0.2, 0.25) is 0 Å². The SMILES string of the molecule is N=C(N)N(c1ccccc1)c1ccccc1.N=C(N)N(c1ccccc1)c1ccccc1. The minimum absolute atomic E-state index is 0.0115. The number of nitrogens with two attached hydrogens (primary N) is 2. The number of rotatable bonds is 4. The summed E-state index contributed by atoms with van der Waals surface area (Å²) in [6.07, 6.45) is 0. The van der Waals surface area contributed by atoms with Gasteiger partial charge in [0.05, 0.1) is 0 Å². The number of hydrogen-bond acceptors (Lipinski definition) is 2. The Labute approximate surface area is 188 Å². The molecular formula is C26H26N6. The topological polar surface area (TPSA) is 106 Å². The van der Waals surface area contributed by atoms with E-state index < -0.39 is 0 Å². The van der Waals surface area contributed by atoms with Crippen molar-refractivity contribution >= 4 is 34.7 Å². The molecule has 6 nitrogen and oxygen atoms in total. The van der Waals surface area contributed by atoms with Crippen LogP contribution in [-0.4, -0.2) is 11.9 Å². The third-order valence-corrected chi connectivity index (χ3v) is 4.54. The molecule has 4 rings (SSSR count). The molecule has 6 N–H and O–H groups in total. The summed E-state index contributed by atoms with van der Waals surface area (Å²) < 4.78 is 0. The van der Waals surface area contributed by atoms with Crippen LogP contribution in [0.5, 0.6) is 0 Å². The molecule has 0 saturated heterocycles. The first-order valence-corrected chi connectivity index (χ1v) is 10.1. The molecule has 0 aliphatic carbocycles. The third kappa shape index (κ3) is 5.73. The molecule has 160 valence electrons. The van der Waals surface area contributed by atoms with Crippen molar-refractivity contribution < 1.29 is 0 Å². The van der Waals surface area contributed by atoms with Gasteiger partial charge in [-0.2, -0.15) is 0 Å². The van der Waals surface area contributed by atoms with Crippen LogP contribution in [0, 0.1) is 10.8 Å². The minimum Gasteiger partial charge on any atom is -0.369 e. The van der Waals surface area contributed by atoms with Crippen molar-refractivity contribution in [3.63, 3.8) is 0 Å². The maximum Gasteiger partial charge on any atom is 0.197 e. The molecule has 0 bridgehead atoms. The van der Waals surface area contributed by atoms with E-state index in [0.29, 0.717) is 0 Å². The number of guanidine groups is 2. The first-order valence-electron chi connectivity index (χ1n) is 10.1. The lowest BCUT2D eigenvalue weighted by atomic mass is 10.2. The molecule has 6 heteroatoms. The first kappa shape index (κ1) is 22.1. The van der Waals surface area contributed by atoms with Crippen LogP contribution >= 0.6 is 0 Å². The van der Waals surface area contributed by atoms with Crippen molar-refractivity contribution in [2.45, 2.75) is 0 Å². The molecule has 0 spiro atoms. The average Bonchev–Trinajstić information content (AvgIpc) is 2.82. The van der Waals surface area contributed by atoms with Gasteiger partial charge in [0, 0.05) is 22.7 Å². The Bertz CT molecular complexity index is 944. The van der Waals surface area contributed by atoms with Crippen LogP contribution in [0.2, 0.25) is 0 Å². The number of nitrogens with one attached hydrogen (secondary N) is 2. The van der Waals surface area contributed by atoms with E-state index in [9.17, 15) is 0 Å². The highest BCUT2D eigenvalue weighted by Gasteiger charge is 2.11. The number of nitrogens with zero attached hydrogens (tertiary/aromatic N) is 2. The van der Waals surface area contributed by atoms with Crippen molar-refractivity contribution in [3.05, 3.63) is 121 Å². The minimum atomic E-state index is 0.0115. The van der Waals surface area contributed by atoms with Crippen LogP contribution in [0.15, 0.2) is 121 Å². The summed E-state index contributed by atoms with van der Waals surface area (Å²) in [5, 5.41) is 15.3. The molecule has 0 heterocycles. The van der Waals surface area contributed by atoms with Crippen LogP contribution in [0.4, 0.5) is 22.7 Å². The number of hydrogen-bond donors (Lipinski definition) is 4. The zero-order chi connectivity index (χ0) is 22.8. The van der Waals surface area contributed by atoms with Crippen molar-refractivity contribution in [1.82, 2.24) is 0 Å². The fraction of sp³-hybridized carbons (Fsp3) is 0. The lowest BCUT2D eigenvalue weighted by Gasteiger charge is -2.22. The van der Waals surface area contributed by atoms with Gasteiger partial charge < -0.3 is 11.5 Å². The molecule has 0 aromatic heterocycles. The fourth-order valence-electron chi connectivity index (χ4n) is 3.16. The summed E-state index contributed by atoms with van der Waals surface area (Å²) in [5.74, 6) is 0.0230. The highest BCUT2D eigenvalue weighted by atomic mass is 15.2. The van der Waals surface area contributed by atoms with Crippen LogP contribution < -0.4 is 21.3 Å². The molecule has 0 fully saturated rings. The molecule has 32 heavy (non-hydrogen) atoms. The smallest absolute Gasteiger partial charge is 0.197 e. The summed E-state index contributed by atoms with van der Waals surface area (Å²) >= 11 is 0. The molecule has 0 aliphatic rings. The summed E-state index contributed by atoms with van der Waals surface area (Å²) in [5.41, 5.74) is 14.8. The van der Waals surface area contributed by atoms with E-state index in [-0.39, 0.29) is 11.9 Å². The zero-order valence-corrected chi connectivity index (χ0v) is 17.6. The molecule has 0 unspecified atom stereocenters. The number of benzene rings is 4. The third-order valence-electron chi connectivity index (χ3n) is 4.54. The quantitative estimate of drug-likeness (QED) is 0.260. The predicted molar refractivity (Wildman–Crippen MR) is 134 cm³/mol. The average molecular weight is 423 g/mol. The Morgan fingerprint density at radius 2 is 0.594 bits per heavy atom. The first-order chi connectivity index (χ1) is 15.6. The van der Waals surface area contributed by atoms with Gasteiger partial charge in [-0.05, 0) is 48.5 Å². The van der Waals surface area contributed by atoms with Crippen molar-refractivity contribution in [3.8, 4) is 0 Å². The molecular weight excluding hydrogens is 396 g/mol. The van der Waals surface area contributed by atoms with Crippen molar-refractivity contribution in [2.75, 3.05) is 9.80 Å². The van der Waals surface area contributed by atoms with Gasteiger partial charge in [0.1, 0.15) is 0 Å². The Morgan fingerprint density at radius 1 is 0.406 bits per heavy atom. The van der Waals surface area contributed by atoms with E-state index in [4.69, 9.17) is 22.3 Å². The molecule has 4 aromatic rings. The predicted octanol–water partition coefficient (Wildman–Crippen LogP) is 5.44. The summed E-state index contributed by atoms with van der Waals surface area (Å²) in [4.78, 5) is 3.39. The molecule has 0 atom stereocenters. The monoisotopic (exact) mass is 422 g/mol. The zero-order valence-electron chi connectivity index (χ0n) is 17.6. The van der Waals surface area contributed by atoms with Crippen LogP contribution in [0.3, 0.4) is 0 Å². The largest absolute Gasteiger partial charge is 0.369 e. The Kier molecular flexibility index (Phi) is 7.59. The highest BCUT2D eigenvalue weighted by molar-refractivity contribution is 6.00. The molecule has 0 aliphatic heterocycles. The second kappa shape index (κ2) is 11.0. The van der Waals surface area contributed by atoms with E-state index in [1.54, 1.807) is 9.80 Å². The van der Waals surface area contributed by atoms with Crippen LogP contribution in [0.1, 0.15) is 0 Å². The maximum atomic E-state index is 7.63. The van der Waals surface area contributed by atoms with E-state index in [1.165, 1.54) is 0 Å². The molecule has 0 saturated carbocycles. The maximum absolute atomic E-state index is 7.63. The summed E-state index contributed by atoms with van der Waals surface area (Å²) in [7, 11) is 0. The molecule has 0 radical (unpaired) electrons. The van der Waals surface area contributed by atoms with Gasteiger partial charge in [0.25, 0.3) is 0 Å². The van der Waals surface area contributed by atoms with Gasteiger partial charge in [-0.3, -0.25) is 20.6 Å². The lowest BCUT2D eigenvalue weighted by molar-refractivity contribution is 1.25. The lowest BCUT2D eigenvalue weighted by Crippen LogP contribution is -2.32. The summed E-state index contributed by atoms with van der Waals surface area (Å²) in [6, 6.07) is 38.5. The fourth-order valence-corrected chi connectivity index (χ4v) is 3.16. The number of anilines is 4. The van der Waals surface area contributed by atoms with Gasteiger partial charge in [-0.15, -0.1) is 0 Å². The Balaban J connectivity index is 0.000000181. The van der Waals surface area contributed by atoms with Gasteiger partial charge in [0.15, 0.2) is 11.9 Å². The molecule has 4 aromatic carbocycles. The standard InChI is InChI=1S/2C13H13N3/c2*14-13(15)16(11-7-3-1-4-8-11)12-9-5-2-6-10-12/h2*1-10H,(H3,14,15). The van der Waals surface area contributed by atoms with Crippen LogP contribution in [0.25, 0.3) is 0 Å². The van der Waals surface area contributed by atoms with Crippen LogP contribution in [-0.2, 0) is 0 Å². The van der Waals surface area contributed by atoms with Gasteiger partial charge >= 0.3 is 0 Å². The van der Waals surface area contributed by atoms with Gasteiger partial charge in [-0.25, -0.2) is 0 Å². The number of para-hydroxylation sites is 4. The van der Waals surface area contributed by atoms with E-state index in [2.05, 4.69) is 0 Å². The second-order valence-corrected chi connectivity index (χ2v) is 6.78. The molecule has 0 amide bonds. The van der Waals surface area contributed by atoms with E-state index in [0.717, 1.165) is 22.7 Å². The van der Waals surface area contributed by atoms with Crippen molar-refractivity contribution in [2.24, 2.45) is 11.5 Å². The normalized spacial score (nSPS) is 9.75. The highest BCUT2D eigenvalue weighted by Crippen LogP contribution is 2.24. The van der Waals surface area contributed by atoms with E-state index >= 15 is 0 Å². The van der Waals surface area contributed by atoms with E-state index in [1.807, 2.05) is 121 Å².